The van der Waals surface area contributed by atoms with Crippen LogP contribution in [0, 0.1) is 12.3 Å². The smallest absolute Gasteiger partial charge is 0.322 e. The van der Waals surface area contributed by atoms with Crippen LogP contribution in [0.2, 0.25) is 0 Å². The van der Waals surface area contributed by atoms with E-state index in [0.717, 1.165) is 16.9 Å². The zero-order chi connectivity index (χ0) is 16.2. The van der Waals surface area contributed by atoms with Gasteiger partial charge in [-0.3, -0.25) is 4.79 Å². The highest BCUT2D eigenvalue weighted by atomic mass is 32.2. The van der Waals surface area contributed by atoms with Crippen LogP contribution >= 0.6 is 11.3 Å². The van der Waals surface area contributed by atoms with Crippen molar-refractivity contribution >= 4 is 27.3 Å². The summed E-state index contributed by atoms with van der Waals surface area (Å²) in [6.45, 7) is 0. The average molecular weight is 335 g/mol. The number of thiophene rings is 1. The van der Waals surface area contributed by atoms with Gasteiger partial charge in [0.15, 0.2) is 0 Å². The van der Waals surface area contributed by atoms with Gasteiger partial charge in [-0.15, -0.1) is 17.8 Å². The Morgan fingerprint density at radius 2 is 1.95 bits per heavy atom. The molecule has 0 spiro atoms. The lowest BCUT2D eigenvalue weighted by Crippen LogP contribution is -2.42. The van der Waals surface area contributed by atoms with Crippen molar-refractivity contribution in [2.75, 3.05) is 0 Å². The van der Waals surface area contributed by atoms with Crippen molar-refractivity contribution in [3.05, 3.63) is 52.9 Å². The molecule has 5 nitrogen and oxygen atoms in total. The normalized spacial score (nSPS) is 12.5. The number of terminal acetylenes is 1. The number of carboxylic acids is 1. The predicted octanol–water partition coefficient (Wildman–Crippen LogP) is 1.70. The van der Waals surface area contributed by atoms with Gasteiger partial charge in [-0.25, -0.2) is 8.42 Å². The van der Waals surface area contributed by atoms with E-state index in [1.807, 2.05) is 0 Å². The van der Waals surface area contributed by atoms with Gasteiger partial charge in [-0.05, 0) is 24.1 Å². The summed E-state index contributed by atoms with van der Waals surface area (Å²) in [6, 6.07) is 10.4. The lowest BCUT2D eigenvalue weighted by atomic mass is 10.1. The third-order valence-electron chi connectivity index (χ3n) is 2.87. The van der Waals surface area contributed by atoms with Gasteiger partial charge in [0.25, 0.3) is 10.0 Å². The largest absolute Gasteiger partial charge is 0.480 e. The first-order valence-electron chi connectivity index (χ1n) is 6.28. The van der Waals surface area contributed by atoms with Crippen molar-refractivity contribution in [2.24, 2.45) is 0 Å². The van der Waals surface area contributed by atoms with E-state index in [1.54, 1.807) is 30.3 Å². The van der Waals surface area contributed by atoms with Crippen molar-refractivity contribution in [1.29, 1.82) is 0 Å². The minimum absolute atomic E-state index is 0.000221. The first-order valence-corrected chi connectivity index (χ1v) is 8.58. The number of hydrogen-bond acceptors (Lipinski definition) is 4. The molecular weight excluding hydrogens is 322 g/mol. The van der Waals surface area contributed by atoms with Crippen LogP contribution in [-0.2, 0) is 21.2 Å². The standard InChI is InChI=1S/C15H13NO4S2/c1-2-12-8-9-14(21-12)22(19,20)16-13(15(17)18)10-11-6-4-3-5-7-11/h1,3-9,13,16H,10H2,(H,17,18). The van der Waals surface area contributed by atoms with Crippen LogP contribution < -0.4 is 4.72 Å². The van der Waals surface area contributed by atoms with Crippen LogP contribution in [0.3, 0.4) is 0 Å². The Balaban J connectivity index is 2.20. The molecule has 114 valence electrons. The van der Waals surface area contributed by atoms with Crippen LogP contribution in [0.1, 0.15) is 10.4 Å². The highest BCUT2D eigenvalue weighted by Gasteiger charge is 2.26. The molecule has 7 heteroatoms. The molecule has 2 aromatic rings. The monoisotopic (exact) mass is 335 g/mol. The molecule has 0 fully saturated rings. The Bertz CT molecular complexity index is 804. The zero-order valence-corrected chi connectivity index (χ0v) is 13.0. The summed E-state index contributed by atoms with van der Waals surface area (Å²) in [7, 11) is -3.92. The molecular formula is C15H13NO4S2. The fraction of sp³-hybridized carbons (Fsp3) is 0.133. The number of nitrogens with one attached hydrogen (secondary N) is 1. The van der Waals surface area contributed by atoms with E-state index in [9.17, 15) is 18.3 Å². The van der Waals surface area contributed by atoms with Crippen molar-refractivity contribution in [2.45, 2.75) is 16.7 Å². The number of carboxylic acid groups (broad SMARTS) is 1. The Kier molecular flexibility index (Phi) is 4.98. The number of carbonyl (C=O) groups is 1. The molecule has 2 rings (SSSR count). The van der Waals surface area contributed by atoms with Crippen LogP contribution in [0.15, 0.2) is 46.7 Å². The SMILES string of the molecule is C#Cc1ccc(S(=O)(=O)NC(Cc2ccccc2)C(=O)O)s1. The average Bonchev–Trinajstić information content (AvgIpc) is 2.97. The maximum Gasteiger partial charge on any atom is 0.322 e. The van der Waals surface area contributed by atoms with E-state index in [2.05, 4.69) is 10.6 Å². The number of hydrogen-bond donors (Lipinski definition) is 2. The molecule has 0 saturated carbocycles. The van der Waals surface area contributed by atoms with Gasteiger partial charge in [0.2, 0.25) is 0 Å². The summed E-state index contributed by atoms with van der Waals surface area (Å²) in [5, 5.41) is 9.24. The van der Waals surface area contributed by atoms with Gasteiger partial charge in [0.1, 0.15) is 10.3 Å². The van der Waals surface area contributed by atoms with Gasteiger partial charge in [-0.1, -0.05) is 36.3 Å². The van der Waals surface area contributed by atoms with Crippen molar-refractivity contribution in [3.63, 3.8) is 0 Å². The molecule has 1 unspecified atom stereocenters. The topological polar surface area (TPSA) is 83.5 Å². The fourth-order valence-electron chi connectivity index (χ4n) is 1.82. The first kappa shape index (κ1) is 16.2. The third kappa shape index (κ3) is 3.95. The molecule has 0 aliphatic heterocycles. The molecule has 0 amide bonds. The maximum absolute atomic E-state index is 12.2. The Morgan fingerprint density at radius 1 is 1.27 bits per heavy atom. The predicted molar refractivity (Wildman–Crippen MR) is 84.1 cm³/mol. The van der Waals surface area contributed by atoms with E-state index in [1.165, 1.54) is 12.1 Å². The number of rotatable bonds is 6. The van der Waals surface area contributed by atoms with Gasteiger partial charge >= 0.3 is 5.97 Å². The molecule has 0 aliphatic rings. The number of sulfonamides is 1. The van der Waals surface area contributed by atoms with Crippen LogP contribution in [-0.4, -0.2) is 25.5 Å². The second-order valence-corrected chi connectivity index (χ2v) is 7.49. The van der Waals surface area contributed by atoms with Crippen LogP contribution in [0.5, 0.6) is 0 Å². The molecule has 0 saturated heterocycles. The van der Waals surface area contributed by atoms with Gasteiger partial charge in [0.05, 0.1) is 4.88 Å². The lowest BCUT2D eigenvalue weighted by Gasteiger charge is -2.14. The highest BCUT2D eigenvalue weighted by Crippen LogP contribution is 2.21. The number of benzene rings is 1. The molecule has 1 atom stereocenters. The quantitative estimate of drug-likeness (QED) is 0.787. The van der Waals surface area contributed by atoms with Crippen molar-refractivity contribution in [3.8, 4) is 12.3 Å². The minimum Gasteiger partial charge on any atom is -0.480 e. The molecule has 0 bridgehead atoms. The summed E-state index contributed by atoms with van der Waals surface area (Å²) in [4.78, 5) is 11.8. The summed E-state index contributed by atoms with van der Waals surface area (Å²) < 4.78 is 26.7. The molecule has 1 aromatic carbocycles. The van der Waals surface area contributed by atoms with Crippen molar-refractivity contribution < 1.29 is 18.3 Å². The summed E-state index contributed by atoms with van der Waals surface area (Å²) in [5.74, 6) is 1.11. The zero-order valence-electron chi connectivity index (χ0n) is 11.4. The summed E-state index contributed by atoms with van der Waals surface area (Å²) in [6.07, 6.45) is 5.27. The fourth-order valence-corrected chi connectivity index (χ4v) is 4.14. The maximum atomic E-state index is 12.2. The Morgan fingerprint density at radius 3 is 2.50 bits per heavy atom. The van der Waals surface area contributed by atoms with Crippen molar-refractivity contribution in [1.82, 2.24) is 4.72 Å². The molecule has 1 aromatic heterocycles. The number of aliphatic carboxylic acids is 1. The van der Waals surface area contributed by atoms with Gasteiger partial charge in [-0.2, -0.15) is 4.72 Å². The first-order chi connectivity index (χ1) is 10.4. The lowest BCUT2D eigenvalue weighted by molar-refractivity contribution is -0.138. The molecule has 0 radical (unpaired) electrons. The highest BCUT2D eigenvalue weighted by molar-refractivity contribution is 7.91. The summed E-state index contributed by atoms with van der Waals surface area (Å²) in [5.41, 5.74) is 0.730. The second kappa shape index (κ2) is 6.75. The second-order valence-electron chi connectivity index (χ2n) is 4.46. The van der Waals surface area contributed by atoms with Gasteiger partial charge in [0, 0.05) is 0 Å². The van der Waals surface area contributed by atoms with Crippen LogP contribution in [0.25, 0.3) is 0 Å². The molecule has 0 aliphatic carbocycles. The van der Waals surface area contributed by atoms with E-state index in [4.69, 9.17) is 6.42 Å². The minimum atomic E-state index is -3.92. The Hall–Kier alpha value is -2.14. The molecule has 1 heterocycles. The molecule has 2 N–H and O–H groups in total. The van der Waals surface area contributed by atoms with E-state index in [0.29, 0.717) is 4.88 Å². The Labute approximate surface area is 132 Å². The van der Waals surface area contributed by atoms with E-state index >= 15 is 0 Å². The molecule has 22 heavy (non-hydrogen) atoms. The van der Waals surface area contributed by atoms with Crippen LogP contribution in [0.4, 0.5) is 0 Å². The van der Waals surface area contributed by atoms with E-state index in [-0.39, 0.29) is 10.6 Å². The third-order valence-corrected chi connectivity index (χ3v) is 5.85. The summed E-state index contributed by atoms with van der Waals surface area (Å²) >= 11 is 0.920. The van der Waals surface area contributed by atoms with Gasteiger partial charge < -0.3 is 5.11 Å². The van der Waals surface area contributed by atoms with E-state index < -0.39 is 22.0 Å².